The van der Waals surface area contributed by atoms with Gasteiger partial charge in [0.25, 0.3) is 5.91 Å². The predicted octanol–water partition coefficient (Wildman–Crippen LogP) is 4.03. The number of aryl methyl sites for hydroxylation is 1. The minimum absolute atomic E-state index is 0.190. The van der Waals surface area contributed by atoms with Gasteiger partial charge < -0.3 is 15.2 Å². The number of benzene rings is 2. The average Bonchev–Trinajstić information content (AvgIpc) is 2.47. The van der Waals surface area contributed by atoms with Crippen LogP contribution in [0.15, 0.2) is 34.8 Å². The van der Waals surface area contributed by atoms with Gasteiger partial charge in [-0.25, -0.2) is 0 Å². The monoisotopic (exact) mass is 349 g/mol. The van der Waals surface area contributed by atoms with Crippen LogP contribution in [0.3, 0.4) is 0 Å². The predicted molar refractivity (Wildman–Crippen MR) is 86.2 cm³/mol. The molecule has 0 spiro atoms. The number of ether oxygens (including phenoxy) is 1. The van der Waals surface area contributed by atoms with Crippen molar-refractivity contribution in [1.82, 2.24) is 0 Å². The summed E-state index contributed by atoms with van der Waals surface area (Å²) >= 11 is 3.34. The number of amides is 1. The summed E-state index contributed by atoms with van der Waals surface area (Å²) in [4.78, 5) is 12.4. The molecule has 0 saturated carbocycles. The molecule has 1 amide bonds. The highest BCUT2D eigenvalue weighted by molar-refractivity contribution is 9.10. The van der Waals surface area contributed by atoms with Gasteiger partial charge in [0.15, 0.2) is 0 Å². The summed E-state index contributed by atoms with van der Waals surface area (Å²) in [5.74, 6) is 0.386. The number of nitrogens with one attached hydrogen (secondary N) is 1. The highest BCUT2D eigenvalue weighted by atomic mass is 79.9. The van der Waals surface area contributed by atoms with Crippen LogP contribution in [0.2, 0.25) is 0 Å². The maximum atomic E-state index is 12.4. The van der Waals surface area contributed by atoms with Gasteiger partial charge in [-0.15, -0.1) is 0 Å². The molecule has 0 aliphatic carbocycles. The second-order valence-corrected chi connectivity index (χ2v) is 5.62. The van der Waals surface area contributed by atoms with E-state index in [1.54, 1.807) is 37.3 Å². The fourth-order valence-electron chi connectivity index (χ4n) is 2.01. The number of aromatic hydroxyl groups is 1. The van der Waals surface area contributed by atoms with E-state index in [2.05, 4.69) is 21.2 Å². The lowest BCUT2D eigenvalue weighted by molar-refractivity contribution is 0.102. The Morgan fingerprint density at radius 2 is 1.95 bits per heavy atom. The minimum Gasteiger partial charge on any atom is -0.507 e. The molecule has 0 aliphatic rings. The Hall–Kier alpha value is -2.01. The first-order valence-electron chi connectivity index (χ1n) is 6.38. The molecular weight excluding hydrogens is 334 g/mol. The molecule has 2 aromatic carbocycles. The van der Waals surface area contributed by atoms with Crippen molar-refractivity contribution in [3.8, 4) is 11.5 Å². The van der Waals surface area contributed by atoms with Crippen molar-refractivity contribution in [2.45, 2.75) is 13.8 Å². The normalized spacial score (nSPS) is 10.3. The largest absolute Gasteiger partial charge is 0.507 e. The number of methoxy groups -OCH3 is 1. The highest BCUT2D eigenvalue weighted by Gasteiger charge is 2.15. The minimum atomic E-state index is -0.286. The average molecular weight is 350 g/mol. The molecule has 0 bridgehead atoms. The number of hydrogen-bond donors (Lipinski definition) is 2. The van der Waals surface area contributed by atoms with Crippen LogP contribution >= 0.6 is 15.9 Å². The van der Waals surface area contributed by atoms with Gasteiger partial charge in [0.2, 0.25) is 0 Å². The van der Waals surface area contributed by atoms with Crippen LogP contribution in [0, 0.1) is 13.8 Å². The Morgan fingerprint density at radius 3 is 2.62 bits per heavy atom. The topological polar surface area (TPSA) is 58.6 Å². The zero-order chi connectivity index (χ0) is 15.6. The standard InChI is InChI=1S/C16H16BrNO3/c1-9-4-7-13(10(2)15(9)19)18-16(20)12-6-5-11(17)8-14(12)21-3/h4-8,19H,1-3H3,(H,18,20). The van der Waals surface area contributed by atoms with E-state index in [0.29, 0.717) is 22.6 Å². The number of phenols is 1. The van der Waals surface area contributed by atoms with E-state index < -0.39 is 0 Å². The summed E-state index contributed by atoms with van der Waals surface area (Å²) in [6.45, 7) is 3.57. The Labute approximate surface area is 131 Å². The van der Waals surface area contributed by atoms with Gasteiger partial charge in [0.1, 0.15) is 11.5 Å². The van der Waals surface area contributed by atoms with Crippen molar-refractivity contribution < 1.29 is 14.6 Å². The number of carbonyl (C=O) groups excluding carboxylic acids is 1. The van der Waals surface area contributed by atoms with Crippen molar-refractivity contribution in [3.05, 3.63) is 51.5 Å². The maximum absolute atomic E-state index is 12.4. The summed E-state index contributed by atoms with van der Waals surface area (Å²) in [5.41, 5.74) is 2.42. The lowest BCUT2D eigenvalue weighted by Gasteiger charge is -2.13. The van der Waals surface area contributed by atoms with Crippen molar-refractivity contribution in [3.63, 3.8) is 0 Å². The van der Waals surface area contributed by atoms with Gasteiger partial charge in [0, 0.05) is 15.7 Å². The third-order valence-corrected chi connectivity index (χ3v) is 3.78. The molecule has 0 unspecified atom stereocenters. The lowest BCUT2D eigenvalue weighted by atomic mass is 10.1. The van der Waals surface area contributed by atoms with Crippen LogP contribution in [-0.4, -0.2) is 18.1 Å². The van der Waals surface area contributed by atoms with Gasteiger partial charge >= 0.3 is 0 Å². The fourth-order valence-corrected chi connectivity index (χ4v) is 2.35. The van der Waals surface area contributed by atoms with Crippen molar-refractivity contribution in [1.29, 1.82) is 0 Å². The second kappa shape index (κ2) is 6.18. The number of phenolic OH excluding ortho intramolecular Hbond substituents is 1. The molecule has 0 heterocycles. The van der Waals surface area contributed by atoms with E-state index in [4.69, 9.17) is 4.74 Å². The Bertz CT molecular complexity index is 698. The van der Waals surface area contributed by atoms with Crippen LogP contribution in [0.5, 0.6) is 11.5 Å². The van der Waals surface area contributed by atoms with Crippen LogP contribution in [0.1, 0.15) is 21.5 Å². The van der Waals surface area contributed by atoms with E-state index in [-0.39, 0.29) is 11.7 Å². The Kier molecular flexibility index (Phi) is 4.53. The third-order valence-electron chi connectivity index (χ3n) is 3.29. The smallest absolute Gasteiger partial charge is 0.259 e. The van der Waals surface area contributed by atoms with Gasteiger partial charge in [-0.3, -0.25) is 4.79 Å². The summed E-state index contributed by atoms with van der Waals surface area (Å²) in [5, 5.41) is 12.7. The molecular formula is C16H16BrNO3. The first-order valence-corrected chi connectivity index (χ1v) is 7.17. The van der Waals surface area contributed by atoms with Crippen molar-refractivity contribution >= 4 is 27.5 Å². The number of halogens is 1. The van der Waals surface area contributed by atoms with Crippen molar-refractivity contribution in [2.24, 2.45) is 0 Å². The van der Waals surface area contributed by atoms with Crippen LogP contribution in [0.4, 0.5) is 5.69 Å². The molecule has 2 N–H and O–H groups in total. The highest BCUT2D eigenvalue weighted by Crippen LogP contribution is 2.29. The van der Waals surface area contributed by atoms with E-state index in [1.165, 1.54) is 7.11 Å². The molecule has 0 atom stereocenters. The number of hydrogen-bond acceptors (Lipinski definition) is 3. The van der Waals surface area contributed by atoms with Crippen molar-refractivity contribution in [2.75, 3.05) is 12.4 Å². The molecule has 2 rings (SSSR count). The SMILES string of the molecule is COc1cc(Br)ccc1C(=O)Nc1ccc(C)c(O)c1C. The molecule has 0 radical (unpaired) electrons. The molecule has 21 heavy (non-hydrogen) atoms. The summed E-state index contributed by atoms with van der Waals surface area (Å²) < 4.78 is 6.05. The van der Waals surface area contributed by atoms with Gasteiger partial charge in [-0.1, -0.05) is 22.0 Å². The molecule has 0 aliphatic heterocycles. The Balaban J connectivity index is 2.33. The van der Waals surface area contributed by atoms with Gasteiger partial charge in [-0.05, 0) is 43.7 Å². The zero-order valence-corrected chi connectivity index (χ0v) is 13.6. The molecule has 2 aromatic rings. The number of rotatable bonds is 3. The third kappa shape index (κ3) is 3.19. The lowest BCUT2D eigenvalue weighted by Crippen LogP contribution is -2.14. The summed E-state index contributed by atoms with van der Waals surface area (Å²) in [7, 11) is 1.52. The first-order chi connectivity index (χ1) is 9.93. The summed E-state index contributed by atoms with van der Waals surface area (Å²) in [6, 6.07) is 8.72. The molecule has 4 nitrogen and oxygen atoms in total. The van der Waals surface area contributed by atoms with Crippen LogP contribution < -0.4 is 10.1 Å². The summed E-state index contributed by atoms with van der Waals surface area (Å²) in [6.07, 6.45) is 0. The first kappa shape index (κ1) is 15.4. The van der Waals surface area contributed by atoms with Gasteiger partial charge in [-0.2, -0.15) is 0 Å². The van der Waals surface area contributed by atoms with Crippen LogP contribution in [0.25, 0.3) is 0 Å². The zero-order valence-electron chi connectivity index (χ0n) is 12.0. The second-order valence-electron chi connectivity index (χ2n) is 4.70. The van der Waals surface area contributed by atoms with E-state index in [9.17, 15) is 9.90 Å². The van der Waals surface area contributed by atoms with Gasteiger partial charge in [0.05, 0.1) is 12.7 Å². The molecule has 110 valence electrons. The molecule has 0 fully saturated rings. The molecule has 0 saturated heterocycles. The number of anilines is 1. The molecule has 0 aromatic heterocycles. The molecule has 5 heteroatoms. The maximum Gasteiger partial charge on any atom is 0.259 e. The van der Waals surface area contributed by atoms with E-state index >= 15 is 0 Å². The van der Waals surface area contributed by atoms with E-state index in [1.807, 2.05) is 6.92 Å². The fraction of sp³-hybridized carbons (Fsp3) is 0.188. The van der Waals surface area contributed by atoms with E-state index in [0.717, 1.165) is 10.0 Å². The number of carbonyl (C=O) groups is 1. The quantitative estimate of drug-likeness (QED) is 0.879. The Morgan fingerprint density at radius 1 is 1.24 bits per heavy atom. The van der Waals surface area contributed by atoms with Crippen LogP contribution in [-0.2, 0) is 0 Å².